The van der Waals surface area contributed by atoms with Gasteiger partial charge >= 0.3 is 0 Å². The minimum Gasteiger partial charge on any atom is -0.495 e. The van der Waals surface area contributed by atoms with E-state index >= 15 is 0 Å². The average Bonchev–Trinajstić information content (AvgIpc) is 2.70. The molecule has 0 aliphatic heterocycles. The van der Waals surface area contributed by atoms with E-state index in [0.29, 0.717) is 17.1 Å². The Bertz CT molecular complexity index is 1070. The summed E-state index contributed by atoms with van der Waals surface area (Å²) in [6.07, 6.45) is 2.88. The zero-order chi connectivity index (χ0) is 20.1. The molecule has 0 saturated heterocycles. The number of rotatable bonds is 6. The number of nitrogens with zero attached hydrogens (tertiary/aromatic N) is 2. The second-order valence-corrected chi connectivity index (χ2v) is 6.91. The summed E-state index contributed by atoms with van der Waals surface area (Å²) in [5.41, 5.74) is 0.509. The van der Waals surface area contributed by atoms with Crippen LogP contribution >= 0.6 is 23.4 Å². The van der Waals surface area contributed by atoms with Crippen molar-refractivity contribution >= 4 is 35.0 Å². The molecule has 0 unspecified atom stereocenters. The first-order valence-corrected chi connectivity index (χ1v) is 9.44. The molecule has 0 saturated carbocycles. The molecule has 9 heteroatoms. The lowest BCUT2D eigenvalue weighted by atomic mass is 10.3. The summed E-state index contributed by atoms with van der Waals surface area (Å²) in [5, 5.41) is 2.78. The van der Waals surface area contributed by atoms with Crippen molar-refractivity contribution in [3.8, 4) is 11.4 Å². The Morgan fingerprint density at radius 1 is 1.32 bits per heavy atom. The van der Waals surface area contributed by atoms with Gasteiger partial charge in [0.15, 0.2) is 5.03 Å². The lowest BCUT2D eigenvalue weighted by Crippen LogP contribution is -2.22. The van der Waals surface area contributed by atoms with Crippen molar-refractivity contribution < 1.29 is 13.9 Å². The minimum atomic E-state index is -0.574. The highest BCUT2D eigenvalue weighted by Crippen LogP contribution is 2.23. The Labute approximate surface area is 169 Å². The van der Waals surface area contributed by atoms with Gasteiger partial charge in [0, 0.05) is 12.4 Å². The fourth-order valence-electron chi connectivity index (χ4n) is 2.40. The van der Waals surface area contributed by atoms with Crippen molar-refractivity contribution in [2.24, 2.45) is 0 Å². The largest absolute Gasteiger partial charge is 0.495 e. The van der Waals surface area contributed by atoms with E-state index in [1.807, 2.05) is 0 Å². The van der Waals surface area contributed by atoms with E-state index in [9.17, 15) is 14.0 Å². The highest BCUT2D eigenvalue weighted by Gasteiger charge is 2.12. The number of hydrogen-bond donors (Lipinski definition) is 1. The lowest BCUT2D eigenvalue weighted by molar-refractivity contribution is -0.113. The van der Waals surface area contributed by atoms with Gasteiger partial charge in [0.2, 0.25) is 5.91 Å². The third-order valence-electron chi connectivity index (χ3n) is 3.71. The lowest BCUT2D eigenvalue weighted by Gasteiger charge is -2.10. The number of carbonyl (C=O) groups excluding carboxylic acids is 1. The molecule has 1 heterocycles. The molecular formula is C19H15ClFN3O3S. The van der Waals surface area contributed by atoms with Crippen LogP contribution in [0.2, 0.25) is 5.02 Å². The smallest absolute Gasteiger partial charge is 0.287 e. The monoisotopic (exact) mass is 419 g/mol. The maximum atomic E-state index is 13.3. The van der Waals surface area contributed by atoms with Gasteiger partial charge in [-0.15, -0.1) is 0 Å². The third kappa shape index (κ3) is 4.52. The molecular weight excluding hydrogens is 405 g/mol. The van der Waals surface area contributed by atoms with Gasteiger partial charge in [-0.25, -0.2) is 9.37 Å². The Morgan fingerprint density at radius 3 is 2.86 bits per heavy atom. The number of hydrogen-bond acceptors (Lipinski definition) is 5. The van der Waals surface area contributed by atoms with Gasteiger partial charge in [0.05, 0.1) is 29.3 Å². The first kappa shape index (κ1) is 19.9. The van der Waals surface area contributed by atoms with E-state index in [1.54, 1.807) is 24.3 Å². The number of methoxy groups -OCH3 is 1. The number of benzene rings is 2. The second-order valence-electron chi connectivity index (χ2n) is 5.54. The van der Waals surface area contributed by atoms with Gasteiger partial charge in [0.1, 0.15) is 11.6 Å². The first-order valence-electron chi connectivity index (χ1n) is 8.08. The molecule has 144 valence electrons. The van der Waals surface area contributed by atoms with Gasteiger partial charge < -0.3 is 10.1 Å². The highest BCUT2D eigenvalue weighted by molar-refractivity contribution is 7.99. The number of amides is 1. The van der Waals surface area contributed by atoms with Gasteiger partial charge in [-0.3, -0.25) is 14.2 Å². The first-order chi connectivity index (χ1) is 13.5. The molecule has 0 aliphatic carbocycles. The molecule has 3 rings (SSSR count). The number of halogens is 2. The Kier molecular flexibility index (Phi) is 6.33. The van der Waals surface area contributed by atoms with E-state index in [1.165, 1.54) is 42.3 Å². The summed E-state index contributed by atoms with van der Waals surface area (Å²) in [6.45, 7) is 0. The summed E-state index contributed by atoms with van der Waals surface area (Å²) >= 11 is 6.79. The summed E-state index contributed by atoms with van der Waals surface area (Å²) in [6, 6.07) is 11.0. The quantitative estimate of drug-likeness (QED) is 0.616. The fraction of sp³-hybridized carbons (Fsp3) is 0.105. The van der Waals surface area contributed by atoms with Crippen LogP contribution < -0.4 is 15.6 Å². The van der Waals surface area contributed by atoms with Crippen LogP contribution in [0.4, 0.5) is 10.1 Å². The SMILES string of the molecule is COc1ccccc1NC(=O)CSc1nccn(-c2ccc(F)c(Cl)c2)c1=O. The molecule has 1 amide bonds. The molecule has 2 aromatic carbocycles. The van der Waals surface area contributed by atoms with Crippen LogP contribution in [0.25, 0.3) is 5.69 Å². The average molecular weight is 420 g/mol. The van der Waals surface area contributed by atoms with E-state index in [4.69, 9.17) is 16.3 Å². The maximum absolute atomic E-state index is 13.3. The summed E-state index contributed by atoms with van der Waals surface area (Å²) < 4.78 is 19.8. The minimum absolute atomic E-state index is 0.0194. The van der Waals surface area contributed by atoms with Crippen molar-refractivity contribution in [3.05, 3.63) is 76.1 Å². The second kappa shape index (κ2) is 8.90. The molecule has 1 aromatic heterocycles. The molecule has 0 fully saturated rings. The van der Waals surface area contributed by atoms with E-state index in [2.05, 4.69) is 10.3 Å². The molecule has 28 heavy (non-hydrogen) atoms. The number of nitrogens with one attached hydrogen (secondary N) is 1. The summed E-state index contributed by atoms with van der Waals surface area (Å²) in [4.78, 5) is 28.9. The molecule has 3 aromatic rings. The maximum Gasteiger partial charge on any atom is 0.287 e. The van der Waals surface area contributed by atoms with Crippen molar-refractivity contribution in [2.75, 3.05) is 18.2 Å². The van der Waals surface area contributed by atoms with Crippen LogP contribution in [0.1, 0.15) is 0 Å². The Hall–Kier alpha value is -2.84. The Balaban J connectivity index is 1.74. The van der Waals surface area contributed by atoms with E-state index in [0.717, 1.165) is 11.8 Å². The fourth-order valence-corrected chi connectivity index (χ4v) is 3.27. The van der Waals surface area contributed by atoms with Crippen LogP contribution in [0.3, 0.4) is 0 Å². The highest BCUT2D eigenvalue weighted by atomic mass is 35.5. The topological polar surface area (TPSA) is 73.2 Å². The zero-order valence-corrected chi connectivity index (χ0v) is 16.3. The van der Waals surface area contributed by atoms with Gasteiger partial charge in [-0.1, -0.05) is 35.5 Å². The van der Waals surface area contributed by atoms with Crippen molar-refractivity contribution in [3.63, 3.8) is 0 Å². The number of para-hydroxylation sites is 2. The molecule has 1 N–H and O–H groups in total. The number of anilines is 1. The van der Waals surface area contributed by atoms with E-state index < -0.39 is 11.4 Å². The van der Waals surface area contributed by atoms with E-state index in [-0.39, 0.29) is 21.7 Å². The van der Waals surface area contributed by atoms with Gasteiger partial charge in [-0.2, -0.15) is 0 Å². The molecule has 0 bridgehead atoms. The van der Waals surface area contributed by atoms with Gasteiger partial charge in [-0.05, 0) is 30.3 Å². The number of ether oxygens (including phenoxy) is 1. The van der Waals surface area contributed by atoms with Crippen LogP contribution in [0.15, 0.2) is 64.7 Å². The number of thioether (sulfide) groups is 1. The van der Waals surface area contributed by atoms with Crippen molar-refractivity contribution in [1.82, 2.24) is 9.55 Å². The standard InChI is InChI=1S/C19H15ClFN3O3S/c1-27-16-5-3-2-4-15(16)23-17(25)11-28-18-19(26)24(9-8-22-18)12-6-7-14(21)13(20)10-12/h2-10H,11H2,1H3,(H,23,25). The third-order valence-corrected chi connectivity index (χ3v) is 4.96. The Morgan fingerprint density at radius 2 is 2.11 bits per heavy atom. The normalized spacial score (nSPS) is 10.5. The molecule has 6 nitrogen and oxygen atoms in total. The van der Waals surface area contributed by atoms with Crippen LogP contribution in [0.5, 0.6) is 5.75 Å². The summed E-state index contributed by atoms with van der Waals surface area (Å²) in [5.74, 6) is -0.366. The number of aromatic nitrogens is 2. The van der Waals surface area contributed by atoms with Crippen molar-refractivity contribution in [1.29, 1.82) is 0 Å². The molecule has 0 spiro atoms. The van der Waals surface area contributed by atoms with Crippen LogP contribution in [0, 0.1) is 5.82 Å². The predicted molar refractivity (Wildman–Crippen MR) is 107 cm³/mol. The summed E-state index contributed by atoms with van der Waals surface area (Å²) in [7, 11) is 1.51. The van der Waals surface area contributed by atoms with Crippen LogP contribution in [-0.4, -0.2) is 28.3 Å². The van der Waals surface area contributed by atoms with Crippen LogP contribution in [-0.2, 0) is 4.79 Å². The molecule has 0 radical (unpaired) electrons. The predicted octanol–water partition coefficient (Wildman–Crippen LogP) is 3.76. The zero-order valence-electron chi connectivity index (χ0n) is 14.7. The molecule has 0 atom stereocenters. The van der Waals surface area contributed by atoms with Crippen molar-refractivity contribution in [2.45, 2.75) is 5.03 Å². The molecule has 0 aliphatic rings. The number of carbonyl (C=O) groups is 1. The van der Waals surface area contributed by atoms with Gasteiger partial charge in [0.25, 0.3) is 5.56 Å².